The molecule has 28 heavy (non-hydrogen) atoms. The third-order valence-corrected chi connectivity index (χ3v) is 4.19. The average Bonchev–Trinajstić information content (AvgIpc) is 2.76. The number of carbonyl (C=O) groups excluding carboxylic acids is 1. The first-order valence-electron chi connectivity index (χ1n) is 8.86. The zero-order chi connectivity index (χ0) is 19.6. The van der Waals surface area contributed by atoms with Crippen molar-refractivity contribution in [1.82, 2.24) is 16.2 Å². The van der Waals surface area contributed by atoms with E-state index in [-0.39, 0.29) is 12.5 Å². The molecule has 0 fully saturated rings. The van der Waals surface area contributed by atoms with Gasteiger partial charge in [-0.1, -0.05) is 78.9 Å². The van der Waals surface area contributed by atoms with Crippen LogP contribution in [0.4, 0.5) is 0 Å². The molecule has 0 aliphatic carbocycles. The van der Waals surface area contributed by atoms with Crippen LogP contribution in [0.1, 0.15) is 5.56 Å². The van der Waals surface area contributed by atoms with Gasteiger partial charge in [-0.25, -0.2) is 0 Å². The second-order valence-corrected chi connectivity index (χ2v) is 6.40. The number of para-hydroxylation sites is 1. The van der Waals surface area contributed by atoms with Crippen LogP contribution in [0.15, 0.2) is 84.9 Å². The van der Waals surface area contributed by atoms with Crippen molar-refractivity contribution in [3.63, 3.8) is 0 Å². The highest BCUT2D eigenvalue weighted by Crippen LogP contribution is 2.29. The van der Waals surface area contributed by atoms with Gasteiger partial charge in [0.1, 0.15) is 5.75 Å². The van der Waals surface area contributed by atoms with Crippen LogP contribution in [0.25, 0.3) is 11.1 Å². The summed E-state index contributed by atoms with van der Waals surface area (Å²) in [6.45, 7) is 0.446. The van der Waals surface area contributed by atoms with Crippen LogP contribution < -0.4 is 20.9 Å². The summed E-state index contributed by atoms with van der Waals surface area (Å²) in [6.07, 6.45) is 0. The monoisotopic (exact) mass is 391 g/mol. The van der Waals surface area contributed by atoms with Crippen molar-refractivity contribution in [2.75, 3.05) is 6.61 Å². The molecule has 0 aromatic heterocycles. The second-order valence-electron chi connectivity index (χ2n) is 5.99. The van der Waals surface area contributed by atoms with E-state index in [1.54, 1.807) is 0 Å². The molecule has 3 N–H and O–H groups in total. The molecule has 0 aliphatic heterocycles. The molecule has 3 aromatic rings. The van der Waals surface area contributed by atoms with E-state index in [9.17, 15) is 4.79 Å². The fourth-order valence-corrected chi connectivity index (χ4v) is 2.70. The lowest BCUT2D eigenvalue weighted by atomic mass is 10.1. The van der Waals surface area contributed by atoms with Gasteiger partial charge in [-0.05, 0) is 29.4 Å². The van der Waals surface area contributed by atoms with Gasteiger partial charge in [0.25, 0.3) is 5.91 Å². The molecule has 0 saturated heterocycles. The third-order valence-electron chi connectivity index (χ3n) is 3.94. The quantitative estimate of drug-likeness (QED) is 0.444. The summed E-state index contributed by atoms with van der Waals surface area (Å²) in [6, 6.07) is 27.4. The first kappa shape index (κ1) is 19.4. The van der Waals surface area contributed by atoms with Crippen LogP contribution in [0.3, 0.4) is 0 Å². The van der Waals surface area contributed by atoms with E-state index in [2.05, 4.69) is 16.2 Å². The van der Waals surface area contributed by atoms with Gasteiger partial charge in [0, 0.05) is 12.1 Å². The standard InChI is InChI=1S/C22H21N3O2S/c26-21(24-25-22(28)23-15-17-9-3-1-4-10-17)16-27-20-14-8-7-13-19(20)18-11-5-2-6-12-18/h1-14H,15-16H2,(H,24,26)(H2,23,25,28). The van der Waals surface area contributed by atoms with Crippen molar-refractivity contribution in [2.24, 2.45) is 0 Å². The number of ether oxygens (including phenoxy) is 1. The van der Waals surface area contributed by atoms with Gasteiger partial charge in [0.05, 0.1) is 0 Å². The number of hydrogen-bond donors (Lipinski definition) is 3. The number of carbonyl (C=O) groups is 1. The summed E-state index contributed by atoms with van der Waals surface area (Å²) >= 11 is 5.16. The fourth-order valence-electron chi connectivity index (χ4n) is 2.58. The summed E-state index contributed by atoms with van der Waals surface area (Å²) in [5.74, 6) is 0.320. The molecule has 6 heteroatoms. The lowest BCUT2D eigenvalue weighted by Crippen LogP contribution is -2.48. The van der Waals surface area contributed by atoms with Gasteiger partial charge in [0.2, 0.25) is 0 Å². The number of amides is 1. The van der Waals surface area contributed by atoms with Gasteiger partial charge < -0.3 is 10.1 Å². The van der Waals surface area contributed by atoms with Crippen molar-refractivity contribution >= 4 is 23.2 Å². The lowest BCUT2D eigenvalue weighted by Gasteiger charge is -2.13. The van der Waals surface area contributed by atoms with E-state index < -0.39 is 0 Å². The number of nitrogens with one attached hydrogen (secondary N) is 3. The fraction of sp³-hybridized carbons (Fsp3) is 0.0909. The van der Waals surface area contributed by atoms with Crippen LogP contribution in [0, 0.1) is 0 Å². The van der Waals surface area contributed by atoms with Crippen LogP contribution >= 0.6 is 12.2 Å². The van der Waals surface area contributed by atoms with E-state index in [4.69, 9.17) is 17.0 Å². The van der Waals surface area contributed by atoms with E-state index in [1.165, 1.54) is 0 Å². The molecule has 0 unspecified atom stereocenters. The third kappa shape index (κ3) is 5.82. The number of rotatable bonds is 6. The SMILES string of the molecule is O=C(COc1ccccc1-c1ccccc1)NNC(=S)NCc1ccccc1. The minimum absolute atomic E-state index is 0.127. The summed E-state index contributed by atoms with van der Waals surface area (Å²) in [7, 11) is 0. The number of hydrazine groups is 1. The summed E-state index contributed by atoms with van der Waals surface area (Å²) in [5, 5.41) is 3.36. The molecule has 1 amide bonds. The maximum absolute atomic E-state index is 12.1. The number of benzene rings is 3. The molecule has 3 aromatic carbocycles. The van der Waals surface area contributed by atoms with Gasteiger partial charge in [-0.3, -0.25) is 15.6 Å². The Morgan fingerprint density at radius 1 is 0.821 bits per heavy atom. The van der Waals surface area contributed by atoms with Gasteiger partial charge in [0.15, 0.2) is 11.7 Å². The molecule has 3 rings (SSSR count). The maximum atomic E-state index is 12.1. The Balaban J connectivity index is 1.45. The van der Waals surface area contributed by atoms with E-state index in [0.717, 1.165) is 16.7 Å². The largest absolute Gasteiger partial charge is 0.483 e. The molecule has 0 bridgehead atoms. The van der Waals surface area contributed by atoms with Crippen LogP contribution in [0.2, 0.25) is 0 Å². The Hall–Kier alpha value is -3.38. The predicted molar refractivity (Wildman–Crippen MR) is 115 cm³/mol. The van der Waals surface area contributed by atoms with Crippen LogP contribution in [0.5, 0.6) is 5.75 Å². The maximum Gasteiger partial charge on any atom is 0.276 e. The highest BCUT2D eigenvalue weighted by Gasteiger charge is 2.08. The van der Waals surface area contributed by atoms with Crippen molar-refractivity contribution in [3.05, 3.63) is 90.5 Å². The molecular weight excluding hydrogens is 370 g/mol. The Morgan fingerprint density at radius 3 is 2.21 bits per heavy atom. The summed E-state index contributed by atoms with van der Waals surface area (Å²) < 4.78 is 5.70. The van der Waals surface area contributed by atoms with Gasteiger partial charge in [-0.2, -0.15) is 0 Å². The van der Waals surface area contributed by atoms with Crippen LogP contribution in [-0.2, 0) is 11.3 Å². The first-order valence-corrected chi connectivity index (χ1v) is 9.27. The molecule has 0 atom stereocenters. The van der Waals surface area contributed by atoms with Crippen molar-refractivity contribution < 1.29 is 9.53 Å². The van der Waals surface area contributed by atoms with E-state index >= 15 is 0 Å². The summed E-state index contributed by atoms with van der Waals surface area (Å²) in [4.78, 5) is 12.1. The zero-order valence-corrected chi connectivity index (χ0v) is 16.0. The minimum atomic E-state index is -0.327. The van der Waals surface area contributed by atoms with Crippen molar-refractivity contribution in [3.8, 4) is 16.9 Å². The molecule has 0 radical (unpaired) electrons. The Labute approximate surface area is 169 Å². The predicted octanol–water partition coefficient (Wildman–Crippen LogP) is 3.43. The molecule has 0 spiro atoms. The average molecular weight is 391 g/mol. The molecule has 0 saturated carbocycles. The molecule has 5 nitrogen and oxygen atoms in total. The second kappa shape index (κ2) is 10.1. The molecular formula is C22H21N3O2S. The zero-order valence-electron chi connectivity index (χ0n) is 15.2. The highest BCUT2D eigenvalue weighted by atomic mass is 32.1. The number of thiocarbonyl (C=S) groups is 1. The topological polar surface area (TPSA) is 62.4 Å². The highest BCUT2D eigenvalue weighted by molar-refractivity contribution is 7.80. The molecule has 0 heterocycles. The van der Waals surface area contributed by atoms with E-state index in [1.807, 2.05) is 84.9 Å². The first-order chi connectivity index (χ1) is 13.7. The van der Waals surface area contributed by atoms with Crippen molar-refractivity contribution in [1.29, 1.82) is 0 Å². The molecule has 0 aliphatic rings. The Kier molecular flexibility index (Phi) is 6.98. The molecule has 142 valence electrons. The Morgan fingerprint density at radius 2 is 1.46 bits per heavy atom. The summed E-state index contributed by atoms with van der Waals surface area (Å²) in [5.41, 5.74) is 8.27. The minimum Gasteiger partial charge on any atom is -0.483 e. The lowest BCUT2D eigenvalue weighted by molar-refractivity contribution is -0.123. The van der Waals surface area contributed by atoms with E-state index in [0.29, 0.717) is 17.4 Å². The van der Waals surface area contributed by atoms with Crippen LogP contribution in [-0.4, -0.2) is 17.6 Å². The Bertz CT molecular complexity index is 917. The smallest absolute Gasteiger partial charge is 0.276 e. The van der Waals surface area contributed by atoms with Gasteiger partial charge in [-0.15, -0.1) is 0 Å². The normalized spacial score (nSPS) is 10.0. The van der Waals surface area contributed by atoms with Gasteiger partial charge >= 0.3 is 0 Å². The number of hydrogen-bond acceptors (Lipinski definition) is 3. The van der Waals surface area contributed by atoms with Crippen molar-refractivity contribution in [2.45, 2.75) is 6.54 Å².